The number of ether oxygens (including phenoxy) is 1. The second kappa shape index (κ2) is 12.4. The summed E-state index contributed by atoms with van der Waals surface area (Å²) in [6.07, 6.45) is -5.53. The molecule has 0 spiro atoms. The average molecular weight is 579 g/mol. The van der Waals surface area contributed by atoms with Crippen molar-refractivity contribution in [3.63, 3.8) is 0 Å². The van der Waals surface area contributed by atoms with Crippen molar-refractivity contribution in [1.29, 1.82) is 0 Å². The van der Waals surface area contributed by atoms with Gasteiger partial charge >= 0.3 is 18.6 Å². The van der Waals surface area contributed by atoms with E-state index in [4.69, 9.17) is 11.6 Å². The average Bonchev–Trinajstić information content (AvgIpc) is 2.93. The summed E-state index contributed by atoms with van der Waals surface area (Å²) in [6.45, 7) is 1.04. The first-order valence-electron chi connectivity index (χ1n) is 12.8. The van der Waals surface area contributed by atoms with Crippen molar-refractivity contribution in [2.75, 3.05) is 27.2 Å². The highest BCUT2D eigenvalue weighted by atomic mass is 35.5. The largest absolute Gasteiger partial charge is 0.461 e. The Bertz CT molecular complexity index is 1270. The molecule has 1 aliphatic rings. The fraction of sp³-hybridized carbons (Fsp3) is 0.379. The Kier molecular flexibility index (Phi) is 9.20. The molecule has 0 aliphatic carbocycles. The molecule has 214 valence electrons. The van der Waals surface area contributed by atoms with Crippen LogP contribution in [0.3, 0.4) is 0 Å². The molecule has 0 unspecified atom stereocenters. The van der Waals surface area contributed by atoms with E-state index < -0.39 is 23.8 Å². The molecule has 2 heterocycles. The van der Waals surface area contributed by atoms with E-state index in [2.05, 4.69) is 19.9 Å². The second-order valence-corrected chi connectivity index (χ2v) is 10.5. The van der Waals surface area contributed by atoms with Crippen LogP contribution >= 0.6 is 11.6 Å². The van der Waals surface area contributed by atoms with E-state index in [1.54, 1.807) is 23.1 Å². The number of carbonyl (C=O) groups excluding carboxylic acids is 1. The summed E-state index contributed by atoms with van der Waals surface area (Å²) in [5, 5.41) is 3.50. The van der Waals surface area contributed by atoms with E-state index in [-0.39, 0.29) is 12.5 Å². The predicted octanol–water partition coefficient (Wildman–Crippen LogP) is 6.19. The Balaban J connectivity index is 1.80. The number of alkyl halides is 4. The van der Waals surface area contributed by atoms with Crippen LogP contribution in [-0.2, 0) is 12.0 Å². The standard InChI is InChI=1S/C29H31ClF4N4O2/c1-37(2)23-13-15-38(16-14-23)27(39)36-28(18-20-7-4-3-5-8-20,25-12-11-22(30)19-35-25)21-9-6-10-24(17-21)40-29(33,34)26(31)32/h3-12,17,19,23,26H,13-16,18H2,1-2H3,(H,36,39)/t28-/m0/s1. The molecule has 11 heteroatoms. The lowest BCUT2D eigenvalue weighted by Crippen LogP contribution is -2.56. The lowest BCUT2D eigenvalue weighted by Gasteiger charge is -2.40. The fourth-order valence-electron chi connectivity index (χ4n) is 4.92. The minimum absolute atomic E-state index is 0.178. The molecular formula is C29H31ClF4N4O2. The van der Waals surface area contributed by atoms with Crippen LogP contribution in [0.1, 0.15) is 29.7 Å². The molecule has 0 saturated carbocycles. The van der Waals surface area contributed by atoms with Gasteiger partial charge in [0.15, 0.2) is 0 Å². The minimum Gasteiger partial charge on any atom is -0.428 e. The molecule has 4 rings (SSSR count). The van der Waals surface area contributed by atoms with Gasteiger partial charge in [0.25, 0.3) is 0 Å². The second-order valence-electron chi connectivity index (χ2n) is 10.0. The Hall–Kier alpha value is -3.37. The fourth-order valence-corrected chi connectivity index (χ4v) is 5.04. The highest BCUT2D eigenvalue weighted by Gasteiger charge is 2.45. The zero-order valence-electron chi connectivity index (χ0n) is 22.2. The van der Waals surface area contributed by atoms with Gasteiger partial charge in [-0.15, -0.1) is 0 Å². The lowest BCUT2D eigenvalue weighted by molar-refractivity contribution is -0.253. The monoisotopic (exact) mass is 578 g/mol. The van der Waals surface area contributed by atoms with Crippen molar-refractivity contribution in [1.82, 2.24) is 20.1 Å². The van der Waals surface area contributed by atoms with Gasteiger partial charge in [0.05, 0.1) is 10.7 Å². The third-order valence-electron chi connectivity index (χ3n) is 7.11. The van der Waals surface area contributed by atoms with Gasteiger partial charge in [-0.1, -0.05) is 54.1 Å². The minimum atomic E-state index is -4.70. The first kappa shape index (κ1) is 29.6. The maximum atomic E-state index is 13.8. The summed E-state index contributed by atoms with van der Waals surface area (Å²) < 4.78 is 57.9. The van der Waals surface area contributed by atoms with Gasteiger partial charge in [0, 0.05) is 31.7 Å². The Morgan fingerprint density at radius 2 is 1.80 bits per heavy atom. The molecule has 3 aromatic rings. The Morgan fingerprint density at radius 1 is 1.10 bits per heavy atom. The molecule has 0 bridgehead atoms. The van der Waals surface area contributed by atoms with Crippen LogP contribution in [0.15, 0.2) is 72.9 Å². The zero-order chi connectivity index (χ0) is 28.9. The van der Waals surface area contributed by atoms with Gasteiger partial charge < -0.3 is 19.9 Å². The number of aromatic nitrogens is 1. The third kappa shape index (κ3) is 6.85. The lowest BCUT2D eigenvalue weighted by atomic mass is 9.80. The van der Waals surface area contributed by atoms with E-state index >= 15 is 0 Å². The van der Waals surface area contributed by atoms with Crippen LogP contribution < -0.4 is 10.1 Å². The molecule has 1 aliphatic heterocycles. The first-order valence-corrected chi connectivity index (χ1v) is 13.2. The quantitative estimate of drug-likeness (QED) is 0.308. The van der Waals surface area contributed by atoms with Crippen molar-refractivity contribution in [2.24, 2.45) is 0 Å². The maximum Gasteiger partial charge on any atom is 0.461 e. The van der Waals surface area contributed by atoms with Crippen LogP contribution in [0, 0.1) is 0 Å². The van der Waals surface area contributed by atoms with Gasteiger partial charge in [-0.3, -0.25) is 4.98 Å². The normalized spacial score (nSPS) is 16.2. The predicted molar refractivity (Wildman–Crippen MR) is 145 cm³/mol. The van der Waals surface area contributed by atoms with E-state index in [0.29, 0.717) is 35.4 Å². The van der Waals surface area contributed by atoms with E-state index in [1.165, 1.54) is 18.3 Å². The van der Waals surface area contributed by atoms with E-state index in [0.717, 1.165) is 24.5 Å². The SMILES string of the molecule is CN(C)C1CCN(C(=O)N[C@@](Cc2ccccc2)(c2cccc(OC(F)(F)C(F)F)c2)c2ccc(Cl)cn2)CC1. The highest BCUT2D eigenvalue weighted by molar-refractivity contribution is 6.30. The summed E-state index contributed by atoms with van der Waals surface area (Å²) in [5.74, 6) is -0.477. The van der Waals surface area contributed by atoms with Crippen molar-refractivity contribution >= 4 is 17.6 Å². The molecule has 1 fully saturated rings. The molecule has 1 aromatic heterocycles. The highest BCUT2D eigenvalue weighted by Crippen LogP contribution is 2.37. The number of hydrogen-bond acceptors (Lipinski definition) is 4. The summed E-state index contributed by atoms with van der Waals surface area (Å²) in [7, 11) is 4.01. The Morgan fingerprint density at radius 3 is 2.40 bits per heavy atom. The smallest absolute Gasteiger partial charge is 0.428 e. The maximum absolute atomic E-state index is 13.8. The molecule has 1 N–H and O–H groups in total. The van der Waals surface area contributed by atoms with Crippen molar-refractivity contribution in [3.05, 3.63) is 94.8 Å². The summed E-state index contributed by atoms with van der Waals surface area (Å²) in [6, 6.07) is 17.9. The number of benzene rings is 2. The Labute approximate surface area is 235 Å². The number of carbonyl (C=O) groups is 1. The molecule has 1 atom stereocenters. The molecule has 0 radical (unpaired) electrons. The molecule has 1 saturated heterocycles. The number of rotatable bonds is 9. The number of hydrogen-bond donors (Lipinski definition) is 1. The van der Waals surface area contributed by atoms with Gasteiger partial charge in [0.1, 0.15) is 11.3 Å². The zero-order valence-corrected chi connectivity index (χ0v) is 22.9. The van der Waals surface area contributed by atoms with Crippen LogP contribution in [0.5, 0.6) is 5.75 Å². The molecule has 2 aromatic carbocycles. The van der Waals surface area contributed by atoms with Crippen molar-refractivity contribution < 1.29 is 27.1 Å². The topological polar surface area (TPSA) is 57.7 Å². The van der Waals surface area contributed by atoms with Gasteiger partial charge in [-0.2, -0.15) is 17.6 Å². The third-order valence-corrected chi connectivity index (χ3v) is 7.34. The van der Waals surface area contributed by atoms with E-state index in [1.807, 2.05) is 44.4 Å². The van der Waals surface area contributed by atoms with Crippen molar-refractivity contribution in [3.8, 4) is 5.75 Å². The summed E-state index contributed by atoms with van der Waals surface area (Å²) in [5.41, 5.74) is 0.136. The number of likely N-dealkylation sites (tertiary alicyclic amines) is 1. The molecule has 2 amide bonds. The molecule has 40 heavy (non-hydrogen) atoms. The molecular weight excluding hydrogens is 548 g/mol. The van der Waals surface area contributed by atoms with Crippen LogP contribution in [0.25, 0.3) is 0 Å². The van der Waals surface area contributed by atoms with Crippen LogP contribution in [0.2, 0.25) is 5.02 Å². The van der Waals surface area contributed by atoms with Gasteiger partial charge in [0.2, 0.25) is 0 Å². The number of piperidine rings is 1. The summed E-state index contributed by atoms with van der Waals surface area (Å²) in [4.78, 5) is 22.1. The first-order chi connectivity index (χ1) is 19.0. The van der Waals surface area contributed by atoms with Gasteiger partial charge in [-0.25, -0.2) is 4.79 Å². The number of pyridine rings is 1. The number of amides is 2. The van der Waals surface area contributed by atoms with Crippen LogP contribution in [0.4, 0.5) is 22.4 Å². The van der Waals surface area contributed by atoms with Crippen LogP contribution in [-0.4, -0.2) is 66.6 Å². The number of nitrogens with zero attached hydrogens (tertiary/aromatic N) is 3. The number of urea groups is 1. The van der Waals surface area contributed by atoms with Crippen molar-refractivity contribution in [2.45, 2.75) is 43.4 Å². The molecule has 6 nitrogen and oxygen atoms in total. The van der Waals surface area contributed by atoms with Gasteiger partial charge in [-0.05, 0) is 62.3 Å². The summed E-state index contributed by atoms with van der Waals surface area (Å²) >= 11 is 6.13. The van der Waals surface area contributed by atoms with E-state index in [9.17, 15) is 22.4 Å². The number of halogens is 5. The number of nitrogens with one attached hydrogen (secondary N) is 1.